The molecule has 1 aromatic heterocycles. The second kappa shape index (κ2) is 5.64. The van der Waals surface area contributed by atoms with E-state index < -0.39 is 0 Å². The highest BCUT2D eigenvalue weighted by atomic mass is 32.1. The first-order chi connectivity index (χ1) is 7.07. The first-order valence-corrected chi connectivity index (χ1v) is 6.41. The highest BCUT2D eigenvalue weighted by Crippen LogP contribution is 2.26. The van der Waals surface area contributed by atoms with Crippen molar-refractivity contribution in [2.24, 2.45) is 11.7 Å². The summed E-state index contributed by atoms with van der Waals surface area (Å²) in [6.45, 7) is 7.44. The quantitative estimate of drug-likeness (QED) is 0.836. The van der Waals surface area contributed by atoms with Crippen LogP contribution >= 0.6 is 11.3 Å². The van der Waals surface area contributed by atoms with E-state index in [0.717, 1.165) is 6.54 Å². The van der Waals surface area contributed by atoms with Gasteiger partial charge in [0, 0.05) is 23.5 Å². The Bertz CT molecular complexity index is 269. The number of rotatable bonds is 5. The van der Waals surface area contributed by atoms with Crippen molar-refractivity contribution >= 4 is 11.3 Å². The molecule has 2 unspecified atom stereocenters. The van der Waals surface area contributed by atoms with E-state index in [1.165, 1.54) is 4.88 Å². The summed E-state index contributed by atoms with van der Waals surface area (Å²) in [5.74, 6) is 0.599. The molecule has 2 nitrogen and oxygen atoms in total. The van der Waals surface area contributed by atoms with E-state index in [0.29, 0.717) is 18.0 Å². The molecule has 0 amide bonds. The van der Waals surface area contributed by atoms with Gasteiger partial charge in [0.15, 0.2) is 0 Å². The minimum absolute atomic E-state index is 0.459. The van der Waals surface area contributed by atoms with Gasteiger partial charge in [-0.15, -0.1) is 11.3 Å². The van der Waals surface area contributed by atoms with E-state index in [2.05, 4.69) is 50.2 Å². The van der Waals surface area contributed by atoms with Gasteiger partial charge in [-0.2, -0.15) is 0 Å². The highest BCUT2D eigenvalue weighted by molar-refractivity contribution is 7.10. The standard InChI is InChI=1S/C12H22N2S/c1-9(2)11(8-13)14(4)10(3)12-6-5-7-15-12/h5-7,9-11H,8,13H2,1-4H3. The maximum Gasteiger partial charge on any atom is 0.0413 e. The van der Waals surface area contributed by atoms with Crippen LogP contribution in [0.15, 0.2) is 17.5 Å². The molecule has 0 saturated heterocycles. The zero-order chi connectivity index (χ0) is 11.4. The van der Waals surface area contributed by atoms with Crippen molar-refractivity contribution in [3.63, 3.8) is 0 Å². The molecular formula is C12H22N2S. The summed E-state index contributed by atoms with van der Waals surface area (Å²) in [6, 6.07) is 5.22. The number of hydrogen-bond acceptors (Lipinski definition) is 3. The lowest BCUT2D eigenvalue weighted by Crippen LogP contribution is -2.42. The summed E-state index contributed by atoms with van der Waals surface area (Å²) >= 11 is 1.82. The van der Waals surface area contributed by atoms with Gasteiger partial charge < -0.3 is 5.73 Å². The maximum absolute atomic E-state index is 5.83. The smallest absolute Gasteiger partial charge is 0.0413 e. The molecule has 0 aliphatic heterocycles. The van der Waals surface area contributed by atoms with Crippen LogP contribution in [0.3, 0.4) is 0 Å². The molecule has 0 aliphatic rings. The van der Waals surface area contributed by atoms with Gasteiger partial charge in [0.25, 0.3) is 0 Å². The second-order valence-electron chi connectivity index (χ2n) is 4.40. The van der Waals surface area contributed by atoms with Crippen LogP contribution in [0.25, 0.3) is 0 Å². The van der Waals surface area contributed by atoms with Crippen molar-refractivity contribution in [3.8, 4) is 0 Å². The predicted octanol–water partition coefficient (Wildman–Crippen LogP) is 2.72. The third kappa shape index (κ3) is 3.03. The van der Waals surface area contributed by atoms with Gasteiger partial charge in [0.2, 0.25) is 0 Å². The summed E-state index contributed by atoms with van der Waals surface area (Å²) in [7, 11) is 2.17. The van der Waals surface area contributed by atoms with Gasteiger partial charge in [-0.3, -0.25) is 4.90 Å². The average Bonchev–Trinajstić information content (AvgIpc) is 2.69. The van der Waals surface area contributed by atoms with Crippen molar-refractivity contribution in [1.82, 2.24) is 4.90 Å². The molecule has 1 aromatic rings. The molecule has 0 spiro atoms. The van der Waals surface area contributed by atoms with Gasteiger partial charge in [0.1, 0.15) is 0 Å². The number of nitrogens with two attached hydrogens (primary N) is 1. The Morgan fingerprint density at radius 1 is 1.40 bits per heavy atom. The van der Waals surface area contributed by atoms with E-state index in [1.807, 2.05) is 11.3 Å². The van der Waals surface area contributed by atoms with E-state index >= 15 is 0 Å². The predicted molar refractivity (Wildman–Crippen MR) is 68.2 cm³/mol. The lowest BCUT2D eigenvalue weighted by atomic mass is 10.0. The first kappa shape index (κ1) is 12.7. The Morgan fingerprint density at radius 3 is 2.47 bits per heavy atom. The van der Waals surface area contributed by atoms with Gasteiger partial charge in [0.05, 0.1) is 0 Å². The van der Waals surface area contributed by atoms with E-state index in [4.69, 9.17) is 5.73 Å². The van der Waals surface area contributed by atoms with Crippen LogP contribution < -0.4 is 5.73 Å². The fourth-order valence-electron chi connectivity index (χ4n) is 1.93. The molecule has 1 rings (SSSR count). The zero-order valence-corrected chi connectivity index (χ0v) is 10.9. The fraction of sp³-hybridized carbons (Fsp3) is 0.667. The van der Waals surface area contributed by atoms with E-state index in [-0.39, 0.29) is 0 Å². The second-order valence-corrected chi connectivity index (χ2v) is 5.38. The Morgan fingerprint density at radius 2 is 2.07 bits per heavy atom. The zero-order valence-electron chi connectivity index (χ0n) is 10.1. The Kier molecular flexibility index (Phi) is 4.77. The van der Waals surface area contributed by atoms with Gasteiger partial charge in [-0.25, -0.2) is 0 Å². The molecule has 86 valence electrons. The number of thiophene rings is 1. The first-order valence-electron chi connectivity index (χ1n) is 5.53. The molecule has 0 aliphatic carbocycles. The molecule has 0 aromatic carbocycles. The molecule has 0 radical (unpaired) electrons. The summed E-state index contributed by atoms with van der Waals surface area (Å²) in [5.41, 5.74) is 5.83. The van der Waals surface area contributed by atoms with Crippen LogP contribution in [0.5, 0.6) is 0 Å². The van der Waals surface area contributed by atoms with E-state index in [1.54, 1.807) is 0 Å². The molecule has 15 heavy (non-hydrogen) atoms. The summed E-state index contributed by atoms with van der Waals surface area (Å²) in [5, 5.41) is 2.13. The van der Waals surface area contributed by atoms with Crippen LogP contribution in [0.1, 0.15) is 31.7 Å². The molecule has 0 bridgehead atoms. The van der Waals surface area contributed by atoms with Gasteiger partial charge in [-0.05, 0) is 31.3 Å². The van der Waals surface area contributed by atoms with Crippen molar-refractivity contribution in [1.29, 1.82) is 0 Å². The fourth-order valence-corrected chi connectivity index (χ4v) is 2.76. The molecule has 3 heteroatoms. The third-order valence-corrected chi connectivity index (χ3v) is 4.14. The molecule has 0 fully saturated rings. The van der Waals surface area contributed by atoms with Crippen molar-refractivity contribution in [3.05, 3.63) is 22.4 Å². The minimum atomic E-state index is 0.459. The van der Waals surface area contributed by atoms with Crippen LogP contribution in [0.2, 0.25) is 0 Å². The average molecular weight is 226 g/mol. The lowest BCUT2D eigenvalue weighted by molar-refractivity contribution is 0.152. The van der Waals surface area contributed by atoms with Crippen LogP contribution in [-0.2, 0) is 0 Å². The number of likely N-dealkylation sites (N-methyl/N-ethyl adjacent to an activating group) is 1. The highest BCUT2D eigenvalue weighted by Gasteiger charge is 2.22. The largest absolute Gasteiger partial charge is 0.329 e. The SMILES string of the molecule is CC(C)C(CN)N(C)C(C)c1cccs1. The lowest BCUT2D eigenvalue weighted by Gasteiger charge is -2.34. The molecule has 1 heterocycles. The Balaban J connectivity index is 2.70. The molecular weight excluding hydrogens is 204 g/mol. The van der Waals surface area contributed by atoms with Crippen LogP contribution in [0, 0.1) is 5.92 Å². The van der Waals surface area contributed by atoms with Crippen LogP contribution in [-0.4, -0.2) is 24.5 Å². The topological polar surface area (TPSA) is 29.3 Å². The summed E-state index contributed by atoms with van der Waals surface area (Å²) in [6.07, 6.45) is 0. The number of hydrogen-bond donors (Lipinski definition) is 1. The molecule has 2 N–H and O–H groups in total. The maximum atomic E-state index is 5.83. The normalized spacial score (nSPS) is 15.9. The third-order valence-electron chi connectivity index (χ3n) is 3.10. The van der Waals surface area contributed by atoms with Crippen molar-refractivity contribution in [2.75, 3.05) is 13.6 Å². The van der Waals surface area contributed by atoms with Gasteiger partial charge >= 0.3 is 0 Å². The van der Waals surface area contributed by atoms with Crippen molar-refractivity contribution in [2.45, 2.75) is 32.9 Å². The van der Waals surface area contributed by atoms with E-state index in [9.17, 15) is 0 Å². The minimum Gasteiger partial charge on any atom is -0.329 e. The van der Waals surface area contributed by atoms with Gasteiger partial charge in [-0.1, -0.05) is 19.9 Å². The molecule has 2 atom stereocenters. The summed E-state index contributed by atoms with van der Waals surface area (Å²) in [4.78, 5) is 3.80. The Labute approximate surface area is 97.1 Å². The number of nitrogens with zero attached hydrogens (tertiary/aromatic N) is 1. The Hall–Kier alpha value is -0.380. The van der Waals surface area contributed by atoms with Crippen LogP contribution in [0.4, 0.5) is 0 Å². The van der Waals surface area contributed by atoms with Crippen molar-refractivity contribution < 1.29 is 0 Å². The monoisotopic (exact) mass is 226 g/mol. The molecule has 0 saturated carbocycles. The summed E-state index contributed by atoms with van der Waals surface area (Å²) < 4.78 is 0.